The normalized spacial score (nSPS) is 12.6. The average molecular weight is 216 g/mol. The van der Waals surface area contributed by atoms with Crippen molar-refractivity contribution < 1.29 is 9.84 Å². The first-order valence-corrected chi connectivity index (χ1v) is 4.78. The van der Waals surface area contributed by atoms with Gasteiger partial charge in [0.05, 0.1) is 0 Å². The molecule has 0 spiro atoms. The second-order valence-electron chi connectivity index (χ2n) is 3.11. The third-order valence-electron chi connectivity index (χ3n) is 1.84. The predicted molar refractivity (Wildman–Crippen MR) is 56.7 cm³/mol. The summed E-state index contributed by atoms with van der Waals surface area (Å²) in [5, 5.41) is 9.87. The van der Waals surface area contributed by atoms with E-state index in [0.717, 1.165) is 5.56 Å². The molecule has 0 amide bonds. The molecular weight excluding hydrogens is 202 g/mol. The highest BCUT2D eigenvalue weighted by Gasteiger charge is 2.03. The maximum atomic E-state index is 9.17. The van der Waals surface area contributed by atoms with E-state index in [-0.39, 0.29) is 13.2 Å². The van der Waals surface area contributed by atoms with E-state index in [1.165, 1.54) is 0 Å². The van der Waals surface area contributed by atoms with Gasteiger partial charge in [0.15, 0.2) is 0 Å². The summed E-state index contributed by atoms with van der Waals surface area (Å²) in [4.78, 5) is 0. The predicted octanol–water partition coefficient (Wildman–Crippen LogP) is 1.35. The van der Waals surface area contributed by atoms with E-state index in [1.807, 2.05) is 13.0 Å². The fourth-order valence-corrected chi connectivity index (χ4v) is 1.08. The largest absolute Gasteiger partial charge is 0.491 e. The van der Waals surface area contributed by atoms with Crippen molar-refractivity contribution in [2.24, 2.45) is 5.73 Å². The third kappa shape index (κ3) is 3.18. The molecule has 78 valence electrons. The topological polar surface area (TPSA) is 55.5 Å². The van der Waals surface area contributed by atoms with Crippen molar-refractivity contribution in [2.75, 3.05) is 13.2 Å². The van der Waals surface area contributed by atoms with E-state index >= 15 is 0 Å². The van der Waals surface area contributed by atoms with E-state index in [1.54, 1.807) is 12.1 Å². The van der Waals surface area contributed by atoms with Gasteiger partial charge in [0.25, 0.3) is 0 Å². The van der Waals surface area contributed by atoms with Crippen LogP contribution in [0.25, 0.3) is 0 Å². The number of aliphatic hydroxyl groups is 1. The summed E-state index contributed by atoms with van der Waals surface area (Å²) >= 11 is 5.85. The van der Waals surface area contributed by atoms with Crippen molar-refractivity contribution in [1.82, 2.24) is 0 Å². The molecule has 0 unspecified atom stereocenters. The van der Waals surface area contributed by atoms with E-state index in [9.17, 15) is 0 Å². The van der Waals surface area contributed by atoms with Gasteiger partial charge in [0, 0.05) is 11.6 Å². The quantitative estimate of drug-likeness (QED) is 0.797. The molecular formula is C10H14ClNO2. The van der Waals surface area contributed by atoms with Gasteiger partial charge in [-0.15, -0.1) is 0 Å². The first-order valence-electron chi connectivity index (χ1n) is 4.40. The molecule has 3 nitrogen and oxygen atoms in total. The maximum absolute atomic E-state index is 9.17. The van der Waals surface area contributed by atoms with Crippen molar-refractivity contribution >= 4 is 11.6 Å². The minimum absolute atomic E-state index is 0.201. The highest BCUT2D eigenvalue weighted by Crippen LogP contribution is 2.20. The zero-order chi connectivity index (χ0) is 10.6. The number of nitrogens with two attached hydrogens (primary N) is 1. The molecule has 0 saturated carbocycles. The van der Waals surface area contributed by atoms with E-state index < -0.39 is 6.10 Å². The van der Waals surface area contributed by atoms with Gasteiger partial charge in [-0.2, -0.15) is 0 Å². The van der Waals surface area contributed by atoms with E-state index in [0.29, 0.717) is 10.8 Å². The van der Waals surface area contributed by atoms with Crippen molar-refractivity contribution in [3.05, 3.63) is 28.8 Å². The van der Waals surface area contributed by atoms with E-state index in [2.05, 4.69) is 0 Å². The van der Waals surface area contributed by atoms with Crippen LogP contribution in [0.2, 0.25) is 5.02 Å². The molecule has 0 heterocycles. The molecule has 1 atom stereocenters. The Hall–Kier alpha value is -0.770. The van der Waals surface area contributed by atoms with Crippen molar-refractivity contribution in [2.45, 2.75) is 13.0 Å². The van der Waals surface area contributed by atoms with Gasteiger partial charge in [-0.1, -0.05) is 11.6 Å². The minimum Gasteiger partial charge on any atom is -0.491 e. The Kier molecular flexibility index (Phi) is 4.20. The lowest BCUT2D eigenvalue weighted by atomic mass is 10.2. The van der Waals surface area contributed by atoms with Crippen LogP contribution >= 0.6 is 11.6 Å². The summed E-state index contributed by atoms with van der Waals surface area (Å²) in [6.07, 6.45) is -0.619. The second kappa shape index (κ2) is 5.20. The number of aliphatic hydroxyl groups excluding tert-OH is 1. The number of halogens is 1. The van der Waals surface area contributed by atoms with E-state index in [4.69, 9.17) is 27.2 Å². The fraction of sp³-hybridized carbons (Fsp3) is 0.400. The Labute approximate surface area is 88.4 Å². The lowest BCUT2D eigenvalue weighted by molar-refractivity contribution is 0.114. The second-order valence-corrected chi connectivity index (χ2v) is 3.52. The first-order chi connectivity index (χ1) is 6.63. The van der Waals surface area contributed by atoms with Gasteiger partial charge in [0.2, 0.25) is 0 Å². The van der Waals surface area contributed by atoms with Crippen LogP contribution < -0.4 is 10.5 Å². The molecule has 0 aromatic heterocycles. The number of hydrogen-bond donors (Lipinski definition) is 2. The highest BCUT2D eigenvalue weighted by molar-refractivity contribution is 6.31. The maximum Gasteiger partial charge on any atom is 0.119 e. The molecule has 0 aliphatic carbocycles. The Morgan fingerprint density at radius 3 is 2.86 bits per heavy atom. The van der Waals surface area contributed by atoms with Gasteiger partial charge in [0.1, 0.15) is 18.5 Å². The van der Waals surface area contributed by atoms with Crippen LogP contribution in [-0.4, -0.2) is 24.4 Å². The standard InChI is InChI=1S/C10H14ClNO2/c1-7-4-9(2-3-10(7)11)14-6-8(13)5-12/h2-4,8,13H,5-6,12H2,1H3/t8-/m1/s1. The van der Waals surface area contributed by atoms with Crippen LogP contribution in [0.5, 0.6) is 5.75 Å². The van der Waals surface area contributed by atoms with Gasteiger partial charge >= 0.3 is 0 Å². The summed E-state index contributed by atoms with van der Waals surface area (Å²) in [5.41, 5.74) is 6.19. The molecule has 4 heteroatoms. The van der Waals surface area contributed by atoms with Crippen LogP contribution in [0.4, 0.5) is 0 Å². The van der Waals surface area contributed by atoms with Crippen molar-refractivity contribution in [1.29, 1.82) is 0 Å². The summed E-state index contributed by atoms with van der Waals surface area (Å²) in [6, 6.07) is 5.35. The number of hydrogen-bond acceptors (Lipinski definition) is 3. The Bertz CT molecular complexity index is 304. The lowest BCUT2D eigenvalue weighted by Gasteiger charge is -2.10. The number of ether oxygens (including phenoxy) is 1. The first kappa shape index (κ1) is 11.3. The molecule has 0 radical (unpaired) electrons. The molecule has 14 heavy (non-hydrogen) atoms. The van der Waals surface area contributed by atoms with Crippen molar-refractivity contribution in [3.8, 4) is 5.75 Å². The smallest absolute Gasteiger partial charge is 0.119 e. The molecule has 0 saturated heterocycles. The lowest BCUT2D eigenvalue weighted by Crippen LogP contribution is -2.26. The van der Waals surface area contributed by atoms with Gasteiger partial charge < -0.3 is 15.6 Å². The van der Waals surface area contributed by atoms with Crippen molar-refractivity contribution in [3.63, 3.8) is 0 Å². The van der Waals surface area contributed by atoms with Gasteiger partial charge in [-0.3, -0.25) is 0 Å². The average Bonchev–Trinajstić information content (AvgIpc) is 2.19. The van der Waals surface area contributed by atoms with Crippen LogP contribution in [0.15, 0.2) is 18.2 Å². The SMILES string of the molecule is Cc1cc(OC[C@H](O)CN)ccc1Cl. The minimum atomic E-state index is -0.619. The van der Waals surface area contributed by atoms with Gasteiger partial charge in [-0.05, 0) is 30.7 Å². The highest BCUT2D eigenvalue weighted by atomic mass is 35.5. The fourth-order valence-electron chi connectivity index (χ4n) is 0.967. The number of aryl methyl sites for hydroxylation is 1. The Morgan fingerprint density at radius 1 is 1.57 bits per heavy atom. The summed E-state index contributed by atoms with van der Waals surface area (Å²) in [5.74, 6) is 0.694. The zero-order valence-electron chi connectivity index (χ0n) is 8.03. The summed E-state index contributed by atoms with van der Waals surface area (Å²) in [6.45, 7) is 2.30. The molecule has 3 N–H and O–H groups in total. The van der Waals surface area contributed by atoms with Crippen LogP contribution in [0.1, 0.15) is 5.56 Å². The molecule has 0 aliphatic heterocycles. The van der Waals surface area contributed by atoms with Crippen LogP contribution in [0.3, 0.4) is 0 Å². The molecule has 1 rings (SSSR count). The summed E-state index contributed by atoms with van der Waals surface area (Å²) in [7, 11) is 0. The molecule has 0 bridgehead atoms. The summed E-state index contributed by atoms with van der Waals surface area (Å²) < 4.78 is 5.31. The molecule has 0 aliphatic rings. The van der Waals surface area contributed by atoms with Crippen LogP contribution in [-0.2, 0) is 0 Å². The third-order valence-corrected chi connectivity index (χ3v) is 2.27. The Balaban J connectivity index is 2.55. The monoisotopic (exact) mass is 215 g/mol. The van der Waals surface area contributed by atoms with Gasteiger partial charge in [-0.25, -0.2) is 0 Å². The molecule has 1 aromatic rings. The van der Waals surface area contributed by atoms with Crippen LogP contribution in [0, 0.1) is 6.92 Å². The Morgan fingerprint density at radius 2 is 2.29 bits per heavy atom. The number of benzene rings is 1. The number of rotatable bonds is 4. The molecule has 1 aromatic carbocycles. The molecule has 0 fully saturated rings. The zero-order valence-corrected chi connectivity index (χ0v) is 8.79.